The van der Waals surface area contributed by atoms with Crippen LogP contribution in [0.5, 0.6) is 0 Å². The summed E-state index contributed by atoms with van der Waals surface area (Å²) in [6.07, 6.45) is 10.1. The van der Waals surface area contributed by atoms with E-state index in [0.29, 0.717) is 0 Å². The molecule has 0 radical (unpaired) electrons. The Kier molecular flexibility index (Phi) is 7.47. The van der Waals surface area contributed by atoms with Gasteiger partial charge >= 0.3 is 0 Å². The smallest absolute Gasteiger partial charge is 0.0352 e. The summed E-state index contributed by atoms with van der Waals surface area (Å²) in [7, 11) is 0. The SMILES string of the molecule is CCC(C)CC(C(C)CC)C1CC(C)CCC1CC. The fraction of sp³-hybridized carbons (Fsp3) is 1.00. The molecule has 1 saturated carbocycles. The van der Waals surface area contributed by atoms with Crippen molar-refractivity contribution in [3.63, 3.8) is 0 Å². The van der Waals surface area contributed by atoms with Crippen LogP contribution >= 0.6 is 0 Å². The van der Waals surface area contributed by atoms with Gasteiger partial charge in [-0.1, -0.05) is 67.2 Å². The van der Waals surface area contributed by atoms with Crippen LogP contribution in [0.1, 0.15) is 86.5 Å². The van der Waals surface area contributed by atoms with Crippen LogP contribution in [0.25, 0.3) is 0 Å². The fourth-order valence-corrected chi connectivity index (χ4v) is 4.28. The lowest BCUT2D eigenvalue weighted by atomic mass is 9.63. The van der Waals surface area contributed by atoms with E-state index in [1.54, 1.807) is 0 Å². The van der Waals surface area contributed by atoms with Crippen molar-refractivity contribution < 1.29 is 0 Å². The molecule has 6 atom stereocenters. The van der Waals surface area contributed by atoms with Crippen molar-refractivity contribution in [1.29, 1.82) is 0 Å². The maximum atomic E-state index is 2.51. The Morgan fingerprint density at radius 1 is 1.00 bits per heavy atom. The van der Waals surface area contributed by atoms with Crippen LogP contribution in [0.3, 0.4) is 0 Å². The Morgan fingerprint density at radius 3 is 2.21 bits per heavy atom. The van der Waals surface area contributed by atoms with Crippen molar-refractivity contribution >= 4 is 0 Å². The van der Waals surface area contributed by atoms with Crippen LogP contribution in [0.2, 0.25) is 0 Å². The highest BCUT2D eigenvalue weighted by molar-refractivity contribution is 4.85. The summed E-state index contributed by atoms with van der Waals surface area (Å²) in [6, 6.07) is 0. The quantitative estimate of drug-likeness (QED) is 0.490. The molecule has 1 aliphatic carbocycles. The standard InChI is InChI=1S/C19H38/c1-7-14(4)12-18(16(6)8-2)19-13-15(5)10-11-17(19)9-3/h14-19H,7-13H2,1-6H3. The van der Waals surface area contributed by atoms with Gasteiger partial charge in [-0.05, 0) is 54.8 Å². The first kappa shape index (κ1) is 17.1. The van der Waals surface area contributed by atoms with E-state index in [1.807, 2.05) is 0 Å². The molecule has 1 fully saturated rings. The van der Waals surface area contributed by atoms with Crippen molar-refractivity contribution in [2.75, 3.05) is 0 Å². The second kappa shape index (κ2) is 8.32. The van der Waals surface area contributed by atoms with Gasteiger partial charge in [-0.25, -0.2) is 0 Å². The van der Waals surface area contributed by atoms with E-state index in [1.165, 1.54) is 44.9 Å². The van der Waals surface area contributed by atoms with Crippen molar-refractivity contribution in [3.05, 3.63) is 0 Å². The molecule has 0 aliphatic heterocycles. The van der Waals surface area contributed by atoms with Gasteiger partial charge in [0.1, 0.15) is 0 Å². The predicted molar refractivity (Wildman–Crippen MR) is 87.3 cm³/mol. The molecule has 0 aromatic heterocycles. The molecule has 0 bridgehead atoms. The molecule has 0 aromatic carbocycles. The monoisotopic (exact) mass is 266 g/mol. The summed E-state index contributed by atoms with van der Waals surface area (Å²) in [5, 5.41) is 0. The molecule has 0 N–H and O–H groups in total. The zero-order valence-electron chi connectivity index (χ0n) is 14.4. The number of rotatable bonds is 7. The van der Waals surface area contributed by atoms with Gasteiger partial charge in [0.25, 0.3) is 0 Å². The molecular formula is C19H38. The third kappa shape index (κ3) is 4.80. The van der Waals surface area contributed by atoms with Crippen molar-refractivity contribution in [2.24, 2.45) is 35.5 Å². The van der Waals surface area contributed by atoms with Crippen molar-refractivity contribution in [2.45, 2.75) is 86.5 Å². The minimum absolute atomic E-state index is 0.911. The maximum Gasteiger partial charge on any atom is -0.0352 e. The van der Waals surface area contributed by atoms with Crippen LogP contribution in [-0.2, 0) is 0 Å². The molecule has 0 aromatic rings. The van der Waals surface area contributed by atoms with Gasteiger partial charge in [-0.3, -0.25) is 0 Å². The maximum absolute atomic E-state index is 2.51. The van der Waals surface area contributed by atoms with E-state index in [2.05, 4.69) is 41.5 Å². The summed E-state index contributed by atoms with van der Waals surface area (Å²) in [5.41, 5.74) is 0. The Morgan fingerprint density at radius 2 is 1.68 bits per heavy atom. The summed E-state index contributed by atoms with van der Waals surface area (Å²) >= 11 is 0. The Hall–Kier alpha value is 0. The second-order valence-electron chi connectivity index (χ2n) is 7.55. The highest BCUT2D eigenvalue weighted by atomic mass is 14.4. The first-order valence-corrected chi connectivity index (χ1v) is 9.03. The summed E-state index contributed by atoms with van der Waals surface area (Å²) in [6.45, 7) is 14.6. The van der Waals surface area contributed by atoms with Gasteiger partial charge in [-0.15, -0.1) is 0 Å². The normalized spacial score (nSPS) is 32.8. The average molecular weight is 267 g/mol. The highest BCUT2D eigenvalue weighted by Gasteiger charge is 2.35. The van der Waals surface area contributed by atoms with Crippen molar-refractivity contribution in [3.8, 4) is 0 Å². The van der Waals surface area contributed by atoms with Crippen LogP contribution in [0.4, 0.5) is 0 Å². The van der Waals surface area contributed by atoms with Crippen LogP contribution in [0, 0.1) is 35.5 Å². The molecule has 19 heavy (non-hydrogen) atoms. The van der Waals surface area contributed by atoms with Crippen molar-refractivity contribution in [1.82, 2.24) is 0 Å². The van der Waals surface area contributed by atoms with E-state index in [4.69, 9.17) is 0 Å². The van der Waals surface area contributed by atoms with Gasteiger partial charge in [0.15, 0.2) is 0 Å². The minimum atomic E-state index is 0.911. The largest absolute Gasteiger partial charge is 0.0651 e. The molecule has 6 unspecified atom stereocenters. The third-order valence-corrected chi connectivity index (χ3v) is 6.13. The fourth-order valence-electron chi connectivity index (χ4n) is 4.28. The summed E-state index contributed by atoms with van der Waals surface area (Å²) in [4.78, 5) is 0. The van der Waals surface area contributed by atoms with Crippen LogP contribution in [-0.4, -0.2) is 0 Å². The first-order valence-electron chi connectivity index (χ1n) is 9.03. The van der Waals surface area contributed by atoms with E-state index in [0.717, 1.165) is 35.5 Å². The Labute approximate surface area is 122 Å². The zero-order chi connectivity index (χ0) is 14.4. The molecule has 114 valence electrons. The molecule has 0 spiro atoms. The Bertz CT molecular complexity index is 232. The highest BCUT2D eigenvalue weighted by Crippen LogP contribution is 2.45. The Balaban J connectivity index is 2.80. The number of hydrogen-bond acceptors (Lipinski definition) is 0. The minimum Gasteiger partial charge on any atom is -0.0651 e. The van der Waals surface area contributed by atoms with Gasteiger partial charge in [-0.2, -0.15) is 0 Å². The lowest BCUT2D eigenvalue weighted by Gasteiger charge is -2.43. The molecule has 1 rings (SSSR count). The molecule has 0 nitrogen and oxygen atoms in total. The lowest BCUT2D eigenvalue weighted by molar-refractivity contribution is 0.0737. The average Bonchev–Trinajstić information content (AvgIpc) is 2.43. The van der Waals surface area contributed by atoms with Crippen LogP contribution in [0.15, 0.2) is 0 Å². The van der Waals surface area contributed by atoms with E-state index < -0.39 is 0 Å². The van der Waals surface area contributed by atoms with Gasteiger partial charge in [0.2, 0.25) is 0 Å². The predicted octanol–water partition coefficient (Wildman–Crippen LogP) is 6.55. The molecule has 0 heteroatoms. The molecule has 0 saturated heterocycles. The topological polar surface area (TPSA) is 0 Å². The lowest BCUT2D eigenvalue weighted by Crippen LogP contribution is -2.34. The van der Waals surface area contributed by atoms with Gasteiger partial charge in [0.05, 0.1) is 0 Å². The number of hydrogen-bond donors (Lipinski definition) is 0. The molecule has 0 amide bonds. The first-order chi connectivity index (χ1) is 9.03. The molecular weight excluding hydrogens is 228 g/mol. The van der Waals surface area contributed by atoms with Crippen LogP contribution < -0.4 is 0 Å². The van der Waals surface area contributed by atoms with E-state index >= 15 is 0 Å². The van der Waals surface area contributed by atoms with E-state index in [-0.39, 0.29) is 0 Å². The third-order valence-electron chi connectivity index (χ3n) is 6.13. The second-order valence-corrected chi connectivity index (χ2v) is 7.55. The zero-order valence-corrected chi connectivity index (χ0v) is 14.4. The van der Waals surface area contributed by atoms with E-state index in [9.17, 15) is 0 Å². The summed E-state index contributed by atoms with van der Waals surface area (Å²) in [5.74, 6) is 5.80. The van der Waals surface area contributed by atoms with Gasteiger partial charge < -0.3 is 0 Å². The molecule has 1 aliphatic rings. The van der Waals surface area contributed by atoms with Gasteiger partial charge in [0, 0.05) is 0 Å². The molecule has 0 heterocycles. The summed E-state index contributed by atoms with van der Waals surface area (Å²) < 4.78 is 0.